The third kappa shape index (κ3) is 3.38. The van der Waals surface area contributed by atoms with E-state index in [0.29, 0.717) is 5.69 Å². The van der Waals surface area contributed by atoms with Crippen LogP contribution in [-0.4, -0.2) is 34.7 Å². The van der Waals surface area contributed by atoms with Crippen LogP contribution in [0.5, 0.6) is 0 Å². The molecule has 1 aromatic heterocycles. The smallest absolute Gasteiger partial charge is 0.384 e. The van der Waals surface area contributed by atoms with E-state index in [4.69, 9.17) is 0 Å². The number of aromatic amines is 1. The maximum Gasteiger partial charge on any atom is 0.435 e. The second-order valence-electron chi connectivity index (χ2n) is 6.91. The predicted octanol–water partition coefficient (Wildman–Crippen LogP) is 3.78. The number of anilines is 1. The number of para-hydroxylation sites is 1. The summed E-state index contributed by atoms with van der Waals surface area (Å²) in [6, 6.07) is 7.54. The van der Waals surface area contributed by atoms with Crippen LogP contribution in [-0.2, 0) is 19.1 Å². The quantitative estimate of drug-likeness (QED) is 0.886. The number of aromatic nitrogens is 2. The van der Waals surface area contributed by atoms with Gasteiger partial charge in [0.2, 0.25) is 0 Å². The van der Waals surface area contributed by atoms with Gasteiger partial charge in [0.1, 0.15) is 0 Å². The molecule has 0 radical (unpaired) electrons. The molecule has 7 heteroatoms. The number of benzene rings is 1. The Morgan fingerprint density at radius 1 is 1.28 bits per heavy atom. The molecule has 25 heavy (non-hydrogen) atoms. The molecule has 1 saturated heterocycles. The highest BCUT2D eigenvalue weighted by atomic mass is 19.4. The molecule has 134 valence electrons. The summed E-state index contributed by atoms with van der Waals surface area (Å²) in [4.78, 5) is 2.33. The zero-order valence-electron chi connectivity index (χ0n) is 13.9. The Kier molecular flexibility index (Phi) is 4.19. The standard InChI is InChI=1S/C18H21F3N4/c19-18(20,21)16-9-15(23-24-16)13-5-2-8-25(10-13)11-14-4-1-3-12-6-7-22-17(12)14/h1,3-4,9,13,22H,2,5-8,10-11H2,(H,23,24). The minimum absolute atomic E-state index is 0.0714. The number of nitrogens with one attached hydrogen (secondary N) is 2. The average Bonchev–Trinajstić information content (AvgIpc) is 3.25. The number of fused-ring (bicyclic) bond motifs is 1. The molecule has 0 aliphatic carbocycles. The largest absolute Gasteiger partial charge is 0.435 e. The van der Waals surface area contributed by atoms with Crippen molar-refractivity contribution in [1.29, 1.82) is 0 Å². The van der Waals surface area contributed by atoms with Gasteiger partial charge in [-0.3, -0.25) is 10.00 Å². The first-order valence-electron chi connectivity index (χ1n) is 8.70. The molecule has 4 rings (SSSR count). The molecular formula is C18H21F3N4. The summed E-state index contributed by atoms with van der Waals surface area (Å²) in [6.07, 6.45) is -1.46. The molecule has 0 spiro atoms. The van der Waals surface area contributed by atoms with Crippen LogP contribution in [0.4, 0.5) is 18.9 Å². The molecule has 3 heterocycles. The van der Waals surface area contributed by atoms with Crippen molar-refractivity contribution in [3.05, 3.63) is 46.8 Å². The van der Waals surface area contributed by atoms with Crippen molar-refractivity contribution in [2.24, 2.45) is 0 Å². The molecule has 2 aliphatic rings. The minimum atomic E-state index is -4.39. The molecule has 4 nitrogen and oxygen atoms in total. The predicted molar refractivity (Wildman–Crippen MR) is 89.5 cm³/mol. The molecule has 1 aromatic carbocycles. The van der Waals surface area contributed by atoms with Crippen LogP contribution in [0.3, 0.4) is 0 Å². The van der Waals surface area contributed by atoms with E-state index in [-0.39, 0.29) is 5.92 Å². The van der Waals surface area contributed by atoms with Crippen LogP contribution in [0.15, 0.2) is 24.3 Å². The lowest BCUT2D eigenvalue weighted by atomic mass is 9.94. The highest BCUT2D eigenvalue weighted by molar-refractivity contribution is 5.61. The normalized spacial score (nSPS) is 21.2. The second kappa shape index (κ2) is 6.37. The lowest BCUT2D eigenvalue weighted by Gasteiger charge is -2.32. The van der Waals surface area contributed by atoms with Crippen LogP contribution in [0, 0.1) is 0 Å². The van der Waals surface area contributed by atoms with Gasteiger partial charge >= 0.3 is 6.18 Å². The molecule has 1 unspecified atom stereocenters. The summed E-state index contributed by atoms with van der Waals surface area (Å²) < 4.78 is 38.3. The van der Waals surface area contributed by atoms with Crippen LogP contribution >= 0.6 is 0 Å². The van der Waals surface area contributed by atoms with Crippen molar-refractivity contribution >= 4 is 5.69 Å². The lowest BCUT2D eigenvalue weighted by Crippen LogP contribution is -2.34. The number of hydrogen-bond donors (Lipinski definition) is 2. The first-order valence-corrected chi connectivity index (χ1v) is 8.70. The fourth-order valence-electron chi connectivity index (χ4n) is 3.93. The van der Waals surface area contributed by atoms with E-state index in [1.807, 2.05) is 0 Å². The maximum atomic E-state index is 12.8. The van der Waals surface area contributed by atoms with E-state index < -0.39 is 11.9 Å². The molecule has 2 N–H and O–H groups in total. The fraction of sp³-hybridized carbons (Fsp3) is 0.500. The van der Waals surface area contributed by atoms with Crippen molar-refractivity contribution in [3.8, 4) is 0 Å². The molecule has 2 aromatic rings. The van der Waals surface area contributed by atoms with Gasteiger partial charge in [0, 0.05) is 36.9 Å². The number of alkyl halides is 3. The van der Waals surface area contributed by atoms with Gasteiger partial charge in [-0.2, -0.15) is 18.3 Å². The van der Waals surface area contributed by atoms with E-state index >= 15 is 0 Å². The average molecular weight is 350 g/mol. The Balaban J connectivity index is 1.47. The Bertz CT molecular complexity index is 753. The molecule has 0 bridgehead atoms. The van der Waals surface area contributed by atoms with Gasteiger partial charge < -0.3 is 5.32 Å². The van der Waals surface area contributed by atoms with Gasteiger partial charge in [0.05, 0.1) is 0 Å². The van der Waals surface area contributed by atoms with E-state index in [1.165, 1.54) is 16.8 Å². The van der Waals surface area contributed by atoms with Gasteiger partial charge in [0.15, 0.2) is 5.69 Å². The van der Waals surface area contributed by atoms with E-state index in [2.05, 4.69) is 38.6 Å². The summed E-state index contributed by atoms with van der Waals surface area (Å²) in [5, 5.41) is 9.49. The lowest BCUT2D eigenvalue weighted by molar-refractivity contribution is -0.141. The van der Waals surface area contributed by atoms with Crippen LogP contribution in [0.25, 0.3) is 0 Å². The summed E-state index contributed by atoms with van der Waals surface area (Å²) in [7, 11) is 0. The summed E-state index contributed by atoms with van der Waals surface area (Å²) in [5.41, 5.74) is 3.63. The number of hydrogen-bond acceptors (Lipinski definition) is 3. The van der Waals surface area contributed by atoms with E-state index in [0.717, 1.165) is 51.5 Å². The van der Waals surface area contributed by atoms with Gasteiger partial charge in [-0.1, -0.05) is 18.2 Å². The van der Waals surface area contributed by atoms with Gasteiger partial charge in [-0.05, 0) is 43.0 Å². The van der Waals surface area contributed by atoms with Crippen LogP contribution in [0.1, 0.15) is 41.3 Å². The van der Waals surface area contributed by atoms with Gasteiger partial charge in [0.25, 0.3) is 0 Å². The Hall–Kier alpha value is -2.02. The first kappa shape index (κ1) is 16.4. The molecule has 1 fully saturated rings. The number of likely N-dealkylation sites (tertiary alicyclic amines) is 1. The zero-order chi connectivity index (χ0) is 17.4. The highest BCUT2D eigenvalue weighted by Gasteiger charge is 2.35. The number of H-pyrrole nitrogens is 1. The third-order valence-corrected chi connectivity index (χ3v) is 5.16. The maximum absolute atomic E-state index is 12.8. The Morgan fingerprint density at radius 2 is 2.16 bits per heavy atom. The SMILES string of the molecule is FC(F)(F)c1cc(C2CCCN(Cc3cccc4c3NCC4)C2)[nH]n1. The van der Waals surface area contributed by atoms with Crippen LogP contribution < -0.4 is 5.32 Å². The monoisotopic (exact) mass is 350 g/mol. The summed E-state index contributed by atoms with van der Waals surface area (Å²) in [5.74, 6) is 0.0714. The van der Waals surface area contributed by atoms with Crippen molar-refractivity contribution < 1.29 is 13.2 Å². The van der Waals surface area contributed by atoms with Crippen molar-refractivity contribution in [3.63, 3.8) is 0 Å². The molecule has 0 amide bonds. The fourth-order valence-corrected chi connectivity index (χ4v) is 3.93. The number of rotatable bonds is 3. The molecule has 0 saturated carbocycles. The van der Waals surface area contributed by atoms with Crippen molar-refractivity contribution in [2.45, 2.75) is 37.9 Å². The highest BCUT2D eigenvalue weighted by Crippen LogP contribution is 2.33. The summed E-state index contributed by atoms with van der Waals surface area (Å²) >= 11 is 0. The molecule has 2 aliphatic heterocycles. The number of piperidine rings is 1. The van der Waals surface area contributed by atoms with Gasteiger partial charge in [-0.15, -0.1) is 0 Å². The van der Waals surface area contributed by atoms with Crippen LogP contribution in [0.2, 0.25) is 0 Å². The van der Waals surface area contributed by atoms with E-state index in [9.17, 15) is 13.2 Å². The first-order chi connectivity index (χ1) is 12.0. The van der Waals surface area contributed by atoms with Crippen molar-refractivity contribution in [2.75, 3.05) is 25.0 Å². The second-order valence-corrected chi connectivity index (χ2v) is 6.91. The summed E-state index contributed by atoms with van der Waals surface area (Å²) in [6.45, 7) is 3.53. The Labute approximate surface area is 144 Å². The van der Waals surface area contributed by atoms with Gasteiger partial charge in [-0.25, -0.2) is 0 Å². The number of nitrogens with zero attached hydrogens (tertiary/aromatic N) is 2. The third-order valence-electron chi connectivity index (χ3n) is 5.16. The molecule has 1 atom stereocenters. The zero-order valence-corrected chi connectivity index (χ0v) is 13.9. The van der Waals surface area contributed by atoms with E-state index in [1.54, 1.807) is 0 Å². The minimum Gasteiger partial charge on any atom is -0.384 e. The topological polar surface area (TPSA) is 44.0 Å². The van der Waals surface area contributed by atoms with Crippen molar-refractivity contribution in [1.82, 2.24) is 15.1 Å². The molecular weight excluding hydrogens is 329 g/mol. The number of halogens is 3. The Morgan fingerprint density at radius 3 is 2.96 bits per heavy atom.